The number of methoxy groups -OCH3 is 2. The molecule has 1 heterocycles. The smallest absolute Gasteiger partial charge is 0.161 e. The van der Waals surface area contributed by atoms with E-state index in [0.717, 1.165) is 15.7 Å². The largest absolute Gasteiger partial charge is 0.493 e. The van der Waals surface area contributed by atoms with Gasteiger partial charge in [-0.15, -0.1) is 0 Å². The Labute approximate surface area is 131 Å². The molecule has 0 aliphatic carbocycles. The van der Waals surface area contributed by atoms with E-state index in [4.69, 9.17) is 21.1 Å². The fourth-order valence-corrected chi connectivity index (χ4v) is 2.28. The van der Waals surface area contributed by atoms with Gasteiger partial charge in [-0.3, -0.25) is 0 Å². The minimum absolute atomic E-state index is 0.475. The first kappa shape index (κ1) is 14.9. The Morgan fingerprint density at radius 2 is 1.90 bits per heavy atom. The third-order valence-electron chi connectivity index (χ3n) is 2.76. The lowest BCUT2D eigenvalue weighted by Crippen LogP contribution is -2.02. The summed E-state index contributed by atoms with van der Waals surface area (Å²) in [4.78, 5) is 4.02. The quantitative estimate of drug-likeness (QED) is 0.817. The first-order valence-corrected chi connectivity index (χ1v) is 7.07. The van der Waals surface area contributed by atoms with Gasteiger partial charge in [-0.1, -0.05) is 27.5 Å². The summed E-state index contributed by atoms with van der Waals surface area (Å²) in [5, 5.41) is 3.75. The lowest BCUT2D eigenvalue weighted by molar-refractivity contribution is 0.354. The van der Waals surface area contributed by atoms with Gasteiger partial charge in [0, 0.05) is 11.0 Å². The normalized spacial score (nSPS) is 10.2. The molecule has 6 heteroatoms. The monoisotopic (exact) mass is 356 g/mol. The van der Waals surface area contributed by atoms with Crippen LogP contribution < -0.4 is 14.8 Å². The van der Waals surface area contributed by atoms with Crippen LogP contribution >= 0.6 is 27.5 Å². The summed E-state index contributed by atoms with van der Waals surface area (Å²) in [6.07, 6.45) is 1.69. The second kappa shape index (κ2) is 6.81. The summed E-state index contributed by atoms with van der Waals surface area (Å²) in [7, 11) is 3.23. The zero-order chi connectivity index (χ0) is 14.5. The fourth-order valence-electron chi connectivity index (χ4n) is 1.71. The molecule has 0 aliphatic rings. The summed E-state index contributed by atoms with van der Waals surface area (Å²) in [5.74, 6) is 1.39. The number of rotatable bonds is 5. The number of aromatic nitrogens is 1. The molecule has 2 rings (SSSR count). The summed E-state index contributed by atoms with van der Waals surface area (Å²) >= 11 is 9.27. The van der Waals surface area contributed by atoms with E-state index in [1.165, 1.54) is 0 Å². The number of halogens is 2. The number of hydrogen-bond acceptors (Lipinski definition) is 4. The Bertz CT molecular complexity index is 590. The average Bonchev–Trinajstić information content (AvgIpc) is 2.47. The molecule has 0 saturated carbocycles. The summed E-state index contributed by atoms with van der Waals surface area (Å²) in [5.41, 5.74) is 1.95. The van der Waals surface area contributed by atoms with Crippen LogP contribution in [-0.4, -0.2) is 19.2 Å². The van der Waals surface area contributed by atoms with E-state index in [9.17, 15) is 0 Å². The third-order valence-corrected chi connectivity index (χ3v) is 3.72. The van der Waals surface area contributed by atoms with Crippen LogP contribution in [0.3, 0.4) is 0 Å². The van der Waals surface area contributed by atoms with Gasteiger partial charge in [0.1, 0.15) is 5.15 Å². The molecule has 2 aromatic rings. The van der Waals surface area contributed by atoms with Gasteiger partial charge in [0.25, 0.3) is 0 Å². The van der Waals surface area contributed by atoms with Crippen molar-refractivity contribution >= 4 is 33.2 Å². The van der Waals surface area contributed by atoms with Crippen molar-refractivity contribution in [3.05, 3.63) is 45.7 Å². The number of nitrogens with one attached hydrogen (secondary N) is 1. The van der Waals surface area contributed by atoms with E-state index in [-0.39, 0.29) is 0 Å². The Balaban J connectivity index is 2.14. The van der Waals surface area contributed by atoms with Crippen molar-refractivity contribution in [1.29, 1.82) is 0 Å². The topological polar surface area (TPSA) is 43.4 Å². The number of pyridine rings is 1. The van der Waals surface area contributed by atoms with Crippen LogP contribution in [-0.2, 0) is 6.54 Å². The van der Waals surface area contributed by atoms with Crippen LogP contribution in [0.4, 0.5) is 5.69 Å². The highest BCUT2D eigenvalue weighted by molar-refractivity contribution is 9.10. The zero-order valence-corrected chi connectivity index (χ0v) is 13.5. The van der Waals surface area contributed by atoms with Crippen molar-refractivity contribution in [2.75, 3.05) is 19.5 Å². The van der Waals surface area contributed by atoms with Crippen LogP contribution in [0.15, 0.2) is 34.9 Å². The molecular formula is C14H14BrClN2O2. The first-order chi connectivity index (χ1) is 9.63. The van der Waals surface area contributed by atoms with Gasteiger partial charge in [0.2, 0.25) is 0 Å². The van der Waals surface area contributed by atoms with Crippen molar-refractivity contribution in [1.82, 2.24) is 4.98 Å². The SMILES string of the molecule is COc1cc(Br)c(CNc2ccc(Cl)nc2)cc1OC. The molecule has 0 fully saturated rings. The molecule has 0 saturated heterocycles. The average molecular weight is 358 g/mol. The van der Waals surface area contributed by atoms with E-state index in [2.05, 4.69) is 26.2 Å². The number of benzene rings is 1. The molecule has 1 aromatic heterocycles. The molecule has 0 spiro atoms. The Hall–Kier alpha value is -1.46. The maximum absolute atomic E-state index is 5.75. The van der Waals surface area contributed by atoms with Crippen molar-refractivity contribution in [3.8, 4) is 11.5 Å². The van der Waals surface area contributed by atoms with Gasteiger partial charge in [0.15, 0.2) is 11.5 Å². The van der Waals surface area contributed by atoms with E-state index in [0.29, 0.717) is 23.2 Å². The van der Waals surface area contributed by atoms with E-state index in [1.54, 1.807) is 26.5 Å². The molecule has 0 amide bonds. The minimum atomic E-state index is 0.475. The first-order valence-electron chi connectivity index (χ1n) is 5.90. The van der Waals surface area contributed by atoms with Gasteiger partial charge >= 0.3 is 0 Å². The molecule has 106 valence electrons. The van der Waals surface area contributed by atoms with Crippen LogP contribution in [0, 0.1) is 0 Å². The van der Waals surface area contributed by atoms with Crippen molar-refractivity contribution in [2.24, 2.45) is 0 Å². The van der Waals surface area contributed by atoms with Crippen LogP contribution in [0.25, 0.3) is 0 Å². The van der Waals surface area contributed by atoms with Crippen molar-refractivity contribution in [3.63, 3.8) is 0 Å². The van der Waals surface area contributed by atoms with E-state index >= 15 is 0 Å². The Morgan fingerprint density at radius 1 is 1.20 bits per heavy atom. The summed E-state index contributed by atoms with van der Waals surface area (Å²) < 4.78 is 11.5. The van der Waals surface area contributed by atoms with Crippen molar-refractivity contribution in [2.45, 2.75) is 6.54 Å². The molecular weight excluding hydrogens is 344 g/mol. The van der Waals surface area contributed by atoms with Gasteiger partial charge < -0.3 is 14.8 Å². The predicted molar refractivity (Wildman–Crippen MR) is 83.8 cm³/mol. The summed E-state index contributed by atoms with van der Waals surface area (Å²) in [6.45, 7) is 0.629. The van der Waals surface area contributed by atoms with Gasteiger partial charge in [-0.05, 0) is 29.8 Å². The predicted octanol–water partition coefficient (Wildman–Crippen LogP) is 4.13. The molecule has 0 atom stereocenters. The van der Waals surface area contributed by atoms with Crippen LogP contribution in [0.2, 0.25) is 5.15 Å². The number of anilines is 1. The van der Waals surface area contributed by atoms with Crippen LogP contribution in [0.5, 0.6) is 11.5 Å². The third kappa shape index (κ3) is 3.55. The lowest BCUT2D eigenvalue weighted by atomic mass is 10.2. The molecule has 4 nitrogen and oxygen atoms in total. The number of hydrogen-bond donors (Lipinski definition) is 1. The fraction of sp³-hybridized carbons (Fsp3) is 0.214. The van der Waals surface area contributed by atoms with Gasteiger partial charge in [-0.25, -0.2) is 4.98 Å². The Morgan fingerprint density at radius 3 is 2.50 bits per heavy atom. The highest BCUT2D eigenvalue weighted by atomic mass is 79.9. The molecule has 1 N–H and O–H groups in total. The highest BCUT2D eigenvalue weighted by Gasteiger charge is 2.09. The molecule has 0 aliphatic heterocycles. The molecule has 0 unspecified atom stereocenters. The number of ether oxygens (including phenoxy) is 2. The molecule has 1 aromatic carbocycles. The van der Waals surface area contributed by atoms with Crippen molar-refractivity contribution < 1.29 is 9.47 Å². The van der Waals surface area contributed by atoms with E-state index in [1.807, 2.05) is 18.2 Å². The lowest BCUT2D eigenvalue weighted by Gasteiger charge is -2.13. The summed E-state index contributed by atoms with van der Waals surface area (Å²) in [6, 6.07) is 7.44. The second-order valence-electron chi connectivity index (χ2n) is 4.02. The van der Waals surface area contributed by atoms with Gasteiger partial charge in [-0.2, -0.15) is 0 Å². The maximum Gasteiger partial charge on any atom is 0.161 e. The molecule has 20 heavy (non-hydrogen) atoms. The molecule has 0 radical (unpaired) electrons. The Kier molecular flexibility index (Phi) is 5.09. The number of nitrogens with zero attached hydrogens (tertiary/aromatic N) is 1. The maximum atomic E-state index is 5.75. The highest BCUT2D eigenvalue weighted by Crippen LogP contribution is 2.33. The van der Waals surface area contributed by atoms with Gasteiger partial charge in [0.05, 0.1) is 26.1 Å². The van der Waals surface area contributed by atoms with E-state index < -0.39 is 0 Å². The minimum Gasteiger partial charge on any atom is -0.493 e. The molecule has 0 bridgehead atoms. The standard InChI is InChI=1S/C14H14BrClN2O2/c1-19-12-5-9(11(15)6-13(12)20-2)7-17-10-3-4-14(16)18-8-10/h3-6,8,17H,7H2,1-2H3. The second-order valence-corrected chi connectivity index (χ2v) is 5.26. The van der Waals surface area contributed by atoms with Crippen LogP contribution in [0.1, 0.15) is 5.56 Å². The zero-order valence-electron chi connectivity index (χ0n) is 11.1.